The highest BCUT2D eigenvalue weighted by Crippen LogP contribution is 2.28. The van der Waals surface area contributed by atoms with Crippen LogP contribution in [0.5, 0.6) is 5.75 Å². The fourth-order valence-corrected chi connectivity index (χ4v) is 3.04. The number of hydrogen-bond acceptors (Lipinski definition) is 6. The Morgan fingerprint density at radius 2 is 1.67 bits per heavy atom. The van der Waals surface area contributed by atoms with E-state index in [1.165, 1.54) is 10.6 Å². The molecule has 2 rings (SSSR count). The van der Waals surface area contributed by atoms with Crippen LogP contribution in [0.25, 0.3) is 10.9 Å². The van der Waals surface area contributed by atoms with Crippen molar-refractivity contribution in [3.63, 3.8) is 0 Å². The number of ether oxygens (including phenoxy) is 3. The third-order valence-corrected chi connectivity index (χ3v) is 4.39. The number of hydrogen-bond donors (Lipinski definition) is 0. The summed E-state index contributed by atoms with van der Waals surface area (Å²) in [5.41, 5.74) is 1.43. The largest absolute Gasteiger partial charge is 0.495 e. The average molecular weight is 375 g/mol. The second-order valence-corrected chi connectivity index (χ2v) is 6.02. The Labute approximate surface area is 157 Å². The van der Waals surface area contributed by atoms with Gasteiger partial charge in [-0.15, -0.1) is 0 Å². The van der Waals surface area contributed by atoms with Crippen molar-refractivity contribution < 1.29 is 23.8 Å². The summed E-state index contributed by atoms with van der Waals surface area (Å²) in [6, 6.07) is 6.87. The summed E-state index contributed by atoms with van der Waals surface area (Å²) in [6.07, 6.45) is 0.697. The maximum Gasteiger partial charge on any atom is 0.320 e. The molecule has 0 unspecified atom stereocenters. The van der Waals surface area contributed by atoms with Gasteiger partial charge in [0.15, 0.2) is 5.92 Å². The molecule has 1 aromatic heterocycles. The monoisotopic (exact) mass is 375 g/mol. The molecule has 0 aliphatic rings. The minimum absolute atomic E-state index is 0.145. The SMILES string of the molecule is CCOC(=O)C(CCc1ccc(OC)c2c1ccc(=O)n2C)C(=O)OCC. The Kier molecular flexibility index (Phi) is 6.98. The molecule has 7 nitrogen and oxygen atoms in total. The molecular weight excluding hydrogens is 350 g/mol. The summed E-state index contributed by atoms with van der Waals surface area (Å²) in [5.74, 6) is -1.56. The molecule has 7 heteroatoms. The molecule has 0 saturated carbocycles. The maximum atomic E-state index is 12.2. The molecule has 0 amide bonds. The lowest BCUT2D eigenvalue weighted by Gasteiger charge is -2.16. The summed E-state index contributed by atoms with van der Waals surface area (Å²) in [4.78, 5) is 36.3. The number of aryl methyl sites for hydroxylation is 2. The quantitative estimate of drug-likeness (QED) is 0.520. The molecule has 0 radical (unpaired) electrons. The van der Waals surface area contributed by atoms with Crippen molar-refractivity contribution in [1.82, 2.24) is 4.57 Å². The molecule has 0 fully saturated rings. The van der Waals surface area contributed by atoms with Crippen LogP contribution in [0.4, 0.5) is 0 Å². The first-order valence-electron chi connectivity index (χ1n) is 8.93. The van der Waals surface area contributed by atoms with Gasteiger partial charge in [0, 0.05) is 18.5 Å². The fraction of sp³-hybridized carbons (Fsp3) is 0.450. The molecular formula is C20H25NO6. The third kappa shape index (κ3) is 4.48. The second-order valence-electron chi connectivity index (χ2n) is 6.02. The predicted octanol–water partition coefficient (Wildman–Crippen LogP) is 2.22. The molecule has 0 bridgehead atoms. The Hall–Kier alpha value is -2.83. The standard InChI is InChI=1S/C20H25NO6/c1-5-26-19(23)15(20(24)27-6-2)9-7-13-8-11-16(25-4)18-14(13)10-12-17(22)21(18)3/h8,10-12,15H,5-7,9H2,1-4H3. The number of fused-ring (bicyclic) bond motifs is 1. The first-order valence-corrected chi connectivity index (χ1v) is 8.93. The van der Waals surface area contributed by atoms with Gasteiger partial charge < -0.3 is 18.8 Å². The van der Waals surface area contributed by atoms with Gasteiger partial charge in [-0.3, -0.25) is 14.4 Å². The van der Waals surface area contributed by atoms with Crippen molar-refractivity contribution in [3.05, 3.63) is 40.2 Å². The number of aromatic nitrogens is 1. The van der Waals surface area contributed by atoms with E-state index in [1.54, 1.807) is 40.1 Å². The number of methoxy groups -OCH3 is 1. The number of carbonyl (C=O) groups excluding carboxylic acids is 2. The van der Waals surface area contributed by atoms with E-state index in [1.807, 2.05) is 6.07 Å². The van der Waals surface area contributed by atoms with E-state index < -0.39 is 17.9 Å². The van der Waals surface area contributed by atoms with Crippen LogP contribution < -0.4 is 10.3 Å². The summed E-state index contributed by atoms with van der Waals surface area (Å²) >= 11 is 0. The Balaban J connectivity index is 2.37. The van der Waals surface area contributed by atoms with E-state index in [0.29, 0.717) is 17.7 Å². The van der Waals surface area contributed by atoms with Crippen LogP contribution in [0.3, 0.4) is 0 Å². The maximum absolute atomic E-state index is 12.2. The van der Waals surface area contributed by atoms with Gasteiger partial charge in [-0.05, 0) is 44.4 Å². The molecule has 0 aliphatic heterocycles. The van der Waals surface area contributed by atoms with Crippen LogP contribution in [0.15, 0.2) is 29.1 Å². The number of carbonyl (C=O) groups is 2. The molecule has 146 valence electrons. The highest BCUT2D eigenvalue weighted by atomic mass is 16.6. The normalized spacial score (nSPS) is 10.9. The minimum Gasteiger partial charge on any atom is -0.495 e. The molecule has 2 aromatic rings. The van der Waals surface area contributed by atoms with E-state index in [0.717, 1.165) is 10.9 Å². The van der Waals surface area contributed by atoms with Gasteiger partial charge in [0.05, 0.1) is 25.8 Å². The molecule has 0 atom stereocenters. The smallest absolute Gasteiger partial charge is 0.320 e. The average Bonchev–Trinajstić information content (AvgIpc) is 2.65. The zero-order valence-corrected chi connectivity index (χ0v) is 16.1. The van der Waals surface area contributed by atoms with E-state index in [2.05, 4.69) is 0 Å². The first kappa shape index (κ1) is 20.5. The Morgan fingerprint density at radius 1 is 1.04 bits per heavy atom. The van der Waals surface area contributed by atoms with Gasteiger partial charge in [0.2, 0.25) is 0 Å². The number of esters is 2. The van der Waals surface area contributed by atoms with Crippen molar-refractivity contribution in [2.24, 2.45) is 13.0 Å². The highest BCUT2D eigenvalue weighted by Gasteiger charge is 2.29. The number of nitrogens with zero attached hydrogens (tertiary/aromatic N) is 1. The van der Waals surface area contributed by atoms with E-state index in [4.69, 9.17) is 14.2 Å². The molecule has 27 heavy (non-hydrogen) atoms. The van der Waals surface area contributed by atoms with Gasteiger partial charge in [0.25, 0.3) is 5.56 Å². The summed E-state index contributed by atoms with van der Waals surface area (Å²) in [7, 11) is 3.22. The summed E-state index contributed by atoms with van der Waals surface area (Å²) in [6.45, 7) is 3.78. The topological polar surface area (TPSA) is 83.8 Å². The van der Waals surface area contributed by atoms with Crippen molar-refractivity contribution in [1.29, 1.82) is 0 Å². The minimum atomic E-state index is -0.977. The van der Waals surface area contributed by atoms with Gasteiger partial charge in [0.1, 0.15) is 5.75 Å². The molecule has 0 aliphatic carbocycles. The second kappa shape index (κ2) is 9.21. The fourth-order valence-electron chi connectivity index (χ4n) is 3.04. The third-order valence-electron chi connectivity index (χ3n) is 4.39. The summed E-state index contributed by atoms with van der Waals surface area (Å²) < 4.78 is 16.9. The van der Waals surface area contributed by atoms with Crippen molar-refractivity contribution >= 4 is 22.8 Å². The lowest BCUT2D eigenvalue weighted by atomic mass is 9.96. The van der Waals surface area contributed by atoms with Crippen LogP contribution in [0.2, 0.25) is 0 Å². The molecule has 1 aromatic carbocycles. The van der Waals surface area contributed by atoms with Crippen LogP contribution in [-0.4, -0.2) is 36.8 Å². The number of rotatable bonds is 8. The Morgan fingerprint density at radius 3 is 2.22 bits per heavy atom. The molecule has 0 N–H and O–H groups in total. The van der Waals surface area contributed by atoms with Crippen LogP contribution in [-0.2, 0) is 32.5 Å². The van der Waals surface area contributed by atoms with Gasteiger partial charge in [-0.2, -0.15) is 0 Å². The van der Waals surface area contributed by atoms with E-state index in [-0.39, 0.29) is 25.2 Å². The predicted molar refractivity (Wildman–Crippen MR) is 101 cm³/mol. The van der Waals surface area contributed by atoms with E-state index >= 15 is 0 Å². The van der Waals surface area contributed by atoms with Crippen molar-refractivity contribution in [2.75, 3.05) is 20.3 Å². The lowest BCUT2D eigenvalue weighted by molar-refractivity contribution is -0.161. The highest BCUT2D eigenvalue weighted by molar-refractivity contribution is 5.95. The zero-order valence-electron chi connectivity index (χ0n) is 16.1. The number of benzene rings is 1. The summed E-state index contributed by atoms with van der Waals surface area (Å²) in [5, 5.41) is 0.836. The van der Waals surface area contributed by atoms with Gasteiger partial charge >= 0.3 is 11.9 Å². The van der Waals surface area contributed by atoms with Gasteiger partial charge in [-0.25, -0.2) is 0 Å². The van der Waals surface area contributed by atoms with Crippen LogP contribution in [0.1, 0.15) is 25.8 Å². The van der Waals surface area contributed by atoms with Gasteiger partial charge in [-0.1, -0.05) is 6.07 Å². The zero-order chi connectivity index (χ0) is 20.0. The molecule has 1 heterocycles. The lowest BCUT2D eigenvalue weighted by Crippen LogP contribution is -2.28. The molecule has 0 saturated heterocycles. The first-order chi connectivity index (χ1) is 12.9. The van der Waals surface area contributed by atoms with Crippen molar-refractivity contribution in [3.8, 4) is 5.75 Å². The van der Waals surface area contributed by atoms with Crippen LogP contribution in [0, 0.1) is 5.92 Å². The van der Waals surface area contributed by atoms with E-state index in [9.17, 15) is 14.4 Å². The Bertz CT molecular complexity index is 868. The number of pyridine rings is 1. The molecule has 0 spiro atoms. The van der Waals surface area contributed by atoms with Crippen molar-refractivity contribution in [2.45, 2.75) is 26.7 Å². The van der Waals surface area contributed by atoms with Crippen LogP contribution >= 0.6 is 0 Å².